The Bertz CT molecular complexity index is 1930. The number of benzene rings is 3. The van der Waals surface area contributed by atoms with Crippen molar-refractivity contribution in [2.24, 2.45) is 0 Å². The maximum atomic E-state index is 13.7. The van der Waals surface area contributed by atoms with Crippen LogP contribution < -0.4 is 25.9 Å². The number of fused-ring (bicyclic) bond motifs is 2. The van der Waals surface area contributed by atoms with Gasteiger partial charge in [-0.3, -0.25) is 24.1 Å². The Kier molecular flexibility index (Phi) is 6.08. The van der Waals surface area contributed by atoms with E-state index in [2.05, 4.69) is 15.4 Å². The quantitative estimate of drug-likeness (QED) is 0.370. The van der Waals surface area contributed by atoms with Gasteiger partial charge in [0.1, 0.15) is 16.8 Å². The zero-order valence-corrected chi connectivity index (χ0v) is 21.6. The van der Waals surface area contributed by atoms with Gasteiger partial charge < -0.3 is 5.32 Å². The summed E-state index contributed by atoms with van der Waals surface area (Å²) in [5.41, 5.74) is 2.83. The first kappa shape index (κ1) is 24.4. The van der Waals surface area contributed by atoms with Gasteiger partial charge in [-0.15, -0.1) is 0 Å². The predicted molar refractivity (Wildman–Crippen MR) is 149 cm³/mol. The van der Waals surface area contributed by atoms with Crippen molar-refractivity contribution in [3.05, 3.63) is 126 Å². The minimum absolute atomic E-state index is 0.102. The van der Waals surface area contributed by atoms with E-state index < -0.39 is 17.0 Å². The maximum absolute atomic E-state index is 13.7. The lowest BCUT2D eigenvalue weighted by molar-refractivity contribution is -0.118. The molecule has 3 aromatic carbocycles. The third-order valence-corrected chi connectivity index (χ3v) is 7.46. The topological polar surface area (TPSA) is 114 Å². The maximum Gasteiger partial charge on any atom is 0.296 e. The third kappa shape index (κ3) is 4.51. The second kappa shape index (κ2) is 9.73. The molecular weight excluding hydrogens is 514 g/mol. The minimum atomic E-state index is -0.541. The number of amides is 2. The van der Waals surface area contributed by atoms with E-state index >= 15 is 0 Å². The van der Waals surface area contributed by atoms with E-state index in [1.165, 1.54) is 4.90 Å². The molecule has 9 nitrogen and oxygen atoms in total. The molecule has 0 unspecified atom stereocenters. The SMILES string of the molecule is Cc1ccc(NC(=O)CN2C(=O)/C(=c3\sc4nc(=O)c(Cc5ccccc5)nn4c3=O)c3ccccc32)cc1. The van der Waals surface area contributed by atoms with Crippen molar-refractivity contribution in [1.29, 1.82) is 0 Å². The van der Waals surface area contributed by atoms with Crippen LogP contribution in [0, 0.1) is 6.92 Å². The van der Waals surface area contributed by atoms with E-state index in [4.69, 9.17) is 0 Å². The number of thiazole rings is 1. The Morgan fingerprint density at radius 3 is 2.41 bits per heavy atom. The van der Waals surface area contributed by atoms with Crippen molar-refractivity contribution in [1.82, 2.24) is 14.6 Å². The van der Waals surface area contributed by atoms with Crippen LogP contribution in [-0.4, -0.2) is 33.0 Å². The van der Waals surface area contributed by atoms with E-state index in [1.807, 2.05) is 49.4 Å². The third-order valence-electron chi connectivity index (χ3n) is 6.43. The molecule has 6 rings (SSSR count). The van der Waals surface area contributed by atoms with Gasteiger partial charge in [0, 0.05) is 17.7 Å². The fraction of sp³-hybridized carbons (Fsp3) is 0.103. The first-order valence-corrected chi connectivity index (χ1v) is 13.0. The number of carbonyl (C=O) groups excluding carboxylic acids is 2. The molecule has 0 aliphatic carbocycles. The van der Waals surface area contributed by atoms with Gasteiger partial charge in [0.2, 0.25) is 10.9 Å². The number of carbonyl (C=O) groups is 2. The second-order valence-electron chi connectivity index (χ2n) is 9.15. The summed E-state index contributed by atoms with van der Waals surface area (Å²) in [7, 11) is 0. The molecule has 0 spiro atoms. The lowest BCUT2D eigenvalue weighted by Crippen LogP contribution is -2.37. The second-order valence-corrected chi connectivity index (χ2v) is 10.1. The van der Waals surface area contributed by atoms with Crippen LogP contribution in [0.25, 0.3) is 10.5 Å². The summed E-state index contributed by atoms with van der Waals surface area (Å²) < 4.78 is 1.19. The van der Waals surface area contributed by atoms with Gasteiger partial charge in [0.15, 0.2) is 0 Å². The first-order chi connectivity index (χ1) is 18.9. The van der Waals surface area contributed by atoms with Crippen molar-refractivity contribution in [2.45, 2.75) is 13.3 Å². The summed E-state index contributed by atoms with van der Waals surface area (Å²) in [5.74, 6) is -0.854. The molecule has 0 bridgehead atoms. The number of aryl methyl sites for hydroxylation is 1. The molecule has 39 heavy (non-hydrogen) atoms. The molecule has 0 saturated heterocycles. The van der Waals surface area contributed by atoms with Gasteiger partial charge in [0.25, 0.3) is 17.0 Å². The lowest BCUT2D eigenvalue weighted by Gasteiger charge is -2.16. The summed E-state index contributed by atoms with van der Waals surface area (Å²) in [6, 6.07) is 23.6. The highest BCUT2D eigenvalue weighted by Gasteiger charge is 2.35. The molecule has 10 heteroatoms. The Morgan fingerprint density at radius 1 is 0.923 bits per heavy atom. The monoisotopic (exact) mass is 535 g/mol. The zero-order chi connectivity index (χ0) is 27.1. The Hall–Kier alpha value is -4.96. The van der Waals surface area contributed by atoms with Gasteiger partial charge in [0.05, 0.1) is 11.3 Å². The number of hydrogen-bond donors (Lipinski definition) is 1. The van der Waals surface area contributed by atoms with Crippen molar-refractivity contribution in [3.8, 4) is 0 Å². The summed E-state index contributed by atoms with van der Waals surface area (Å²) in [5, 5.41) is 7.11. The van der Waals surface area contributed by atoms with E-state index in [0.717, 1.165) is 27.0 Å². The number of hydrogen-bond acceptors (Lipinski definition) is 7. The minimum Gasteiger partial charge on any atom is -0.325 e. The molecule has 1 aliphatic heterocycles. The highest BCUT2D eigenvalue weighted by Crippen LogP contribution is 2.35. The lowest BCUT2D eigenvalue weighted by atomic mass is 10.1. The largest absolute Gasteiger partial charge is 0.325 e. The molecule has 2 aromatic heterocycles. The van der Waals surface area contributed by atoms with E-state index in [0.29, 0.717) is 16.9 Å². The molecular formula is C29H21N5O4S. The Morgan fingerprint density at radius 2 is 1.64 bits per heavy atom. The average molecular weight is 536 g/mol. The van der Waals surface area contributed by atoms with Crippen LogP contribution in [0.1, 0.15) is 22.4 Å². The van der Waals surface area contributed by atoms with Crippen LogP contribution in [0.15, 0.2) is 88.5 Å². The summed E-state index contributed by atoms with van der Waals surface area (Å²) in [4.78, 5) is 58.2. The molecule has 192 valence electrons. The van der Waals surface area contributed by atoms with Gasteiger partial charge in [-0.05, 0) is 30.7 Å². The number of anilines is 2. The average Bonchev–Trinajstić information content (AvgIpc) is 3.38. The molecule has 0 fully saturated rings. The normalized spacial score (nSPS) is 14.1. The fourth-order valence-electron chi connectivity index (χ4n) is 4.53. The molecule has 0 saturated carbocycles. The van der Waals surface area contributed by atoms with Crippen LogP contribution in [0.4, 0.5) is 11.4 Å². The smallest absolute Gasteiger partial charge is 0.296 e. The molecule has 5 aromatic rings. The number of nitrogens with one attached hydrogen (secondary N) is 1. The summed E-state index contributed by atoms with van der Waals surface area (Å²) in [6.07, 6.45) is 0.225. The van der Waals surface area contributed by atoms with Crippen molar-refractivity contribution in [2.75, 3.05) is 16.8 Å². The number of rotatable bonds is 5. The van der Waals surface area contributed by atoms with Crippen LogP contribution >= 0.6 is 11.3 Å². The zero-order valence-electron chi connectivity index (χ0n) is 20.7. The molecule has 2 amide bonds. The van der Waals surface area contributed by atoms with Crippen LogP contribution in [-0.2, 0) is 16.0 Å². The van der Waals surface area contributed by atoms with Crippen molar-refractivity contribution >= 4 is 45.1 Å². The van der Waals surface area contributed by atoms with Gasteiger partial charge in [-0.1, -0.05) is 77.6 Å². The van der Waals surface area contributed by atoms with E-state index in [1.54, 1.807) is 36.4 Å². The standard InChI is InChI=1S/C29H21N5O4S/c1-17-11-13-19(14-12-17)30-23(35)16-33-22-10-6-5-9-20(22)24(27(33)37)25-28(38)34-29(39-25)31-26(36)21(32-34)15-18-7-3-2-4-8-18/h2-14H,15-16H2,1H3,(H,30,35)/b25-24-. The van der Waals surface area contributed by atoms with E-state index in [-0.39, 0.29) is 39.6 Å². The van der Waals surface area contributed by atoms with E-state index in [9.17, 15) is 19.2 Å². The molecule has 0 radical (unpaired) electrons. The summed E-state index contributed by atoms with van der Waals surface area (Å²) in [6.45, 7) is 1.72. The highest BCUT2D eigenvalue weighted by molar-refractivity contribution is 7.15. The predicted octanol–water partition coefficient (Wildman–Crippen LogP) is 2.31. The highest BCUT2D eigenvalue weighted by atomic mass is 32.1. The number of nitrogens with zero attached hydrogens (tertiary/aromatic N) is 4. The molecule has 0 atom stereocenters. The fourth-order valence-corrected chi connectivity index (χ4v) is 5.52. The number of para-hydroxylation sites is 1. The van der Waals surface area contributed by atoms with Crippen molar-refractivity contribution < 1.29 is 9.59 Å². The van der Waals surface area contributed by atoms with Gasteiger partial charge in [-0.25, -0.2) is 0 Å². The Labute approximate surface area is 225 Å². The van der Waals surface area contributed by atoms with Crippen molar-refractivity contribution in [3.63, 3.8) is 0 Å². The molecule has 1 aliphatic rings. The van der Waals surface area contributed by atoms with Gasteiger partial charge in [-0.2, -0.15) is 14.6 Å². The molecule has 1 N–H and O–H groups in total. The first-order valence-electron chi connectivity index (χ1n) is 12.2. The number of aromatic nitrogens is 3. The molecule has 3 heterocycles. The van der Waals surface area contributed by atoms with Crippen LogP contribution in [0.3, 0.4) is 0 Å². The van der Waals surface area contributed by atoms with Crippen LogP contribution in [0.5, 0.6) is 0 Å². The van der Waals surface area contributed by atoms with Gasteiger partial charge >= 0.3 is 0 Å². The van der Waals surface area contributed by atoms with Crippen LogP contribution in [0.2, 0.25) is 0 Å². The summed E-state index contributed by atoms with van der Waals surface area (Å²) >= 11 is 0.934. The Balaban J connectivity index is 1.40.